The van der Waals surface area contributed by atoms with Gasteiger partial charge >= 0.3 is 0 Å². The van der Waals surface area contributed by atoms with Crippen molar-refractivity contribution in [1.82, 2.24) is 0 Å². The highest BCUT2D eigenvalue weighted by molar-refractivity contribution is 6.07. The second-order valence-corrected chi connectivity index (χ2v) is 5.65. The van der Waals surface area contributed by atoms with Gasteiger partial charge in [-0.1, -0.05) is 0 Å². The zero-order valence-electron chi connectivity index (χ0n) is 12.6. The van der Waals surface area contributed by atoms with Gasteiger partial charge in [-0.15, -0.1) is 0 Å². The quantitative estimate of drug-likeness (QED) is 0.922. The lowest BCUT2D eigenvalue weighted by molar-refractivity contribution is 0.0963. The molecule has 0 bridgehead atoms. The van der Waals surface area contributed by atoms with E-state index in [0.29, 0.717) is 46.9 Å². The molecule has 0 radical (unpaired) electrons. The van der Waals surface area contributed by atoms with Gasteiger partial charge in [-0.05, 0) is 25.5 Å². The van der Waals surface area contributed by atoms with Crippen LogP contribution in [-0.2, 0) is 6.42 Å². The molecule has 1 amide bonds. The van der Waals surface area contributed by atoms with E-state index in [9.17, 15) is 9.59 Å². The van der Waals surface area contributed by atoms with Gasteiger partial charge in [0.05, 0.1) is 5.56 Å². The highest BCUT2D eigenvalue weighted by atomic mass is 16.7. The minimum Gasteiger partial charge on any atom is -0.455 e. The van der Waals surface area contributed by atoms with Crippen LogP contribution in [-0.4, -0.2) is 18.5 Å². The Morgan fingerprint density at radius 2 is 2.00 bits per heavy atom. The molecule has 4 rings (SSSR count). The van der Waals surface area contributed by atoms with Gasteiger partial charge in [0, 0.05) is 30.2 Å². The molecule has 6 nitrogen and oxygen atoms in total. The fraction of sp³-hybridized carbons (Fsp3) is 0.294. The van der Waals surface area contributed by atoms with Crippen molar-refractivity contribution in [2.75, 3.05) is 12.1 Å². The van der Waals surface area contributed by atoms with E-state index in [4.69, 9.17) is 13.9 Å². The van der Waals surface area contributed by atoms with Crippen molar-refractivity contribution in [3.63, 3.8) is 0 Å². The van der Waals surface area contributed by atoms with Gasteiger partial charge in [0.1, 0.15) is 5.76 Å². The largest absolute Gasteiger partial charge is 0.455 e. The summed E-state index contributed by atoms with van der Waals surface area (Å²) in [5.74, 6) is 1.74. The number of nitrogens with one attached hydrogen (secondary N) is 1. The predicted octanol–water partition coefficient (Wildman–Crippen LogP) is 3.09. The molecule has 6 heteroatoms. The molecule has 1 aliphatic heterocycles. The lowest BCUT2D eigenvalue weighted by atomic mass is 9.94. The Kier molecular flexibility index (Phi) is 3.11. The molecule has 23 heavy (non-hydrogen) atoms. The fourth-order valence-corrected chi connectivity index (χ4v) is 3.03. The summed E-state index contributed by atoms with van der Waals surface area (Å²) in [6.45, 7) is 1.93. The summed E-state index contributed by atoms with van der Waals surface area (Å²) in [5, 5.41) is 2.77. The molecule has 0 saturated carbocycles. The van der Waals surface area contributed by atoms with Crippen LogP contribution in [0.1, 0.15) is 45.1 Å². The Morgan fingerprint density at radius 1 is 1.17 bits per heavy atom. The Balaban J connectivity index is 1.61. The lowest BCUT2D eigenvalue weighted by Gasteiger charge is -2.07. The van der Waals surface area contributed by atoms with Crippen LogP contribution in [0.5, 0.6) is 11.5 Å². The number of hydrogen-bond acceptors (Lipinski definition) is 5. The van der Waals surface area contributed by atoms with Crippen molar-refractivity contribution in [1.29, 1.82) is 0 Å². The zero-order chi connectivity index (χ0) is 16.0. The molecule has 0 fully saturated rings. The van der Waals surface area contributed by atoms with Crippen LogP contribution in [0, 0.1) is 6.92 Å². The average molecular weight is 313 g/mol. The van der Waals surface area contributed by atoms with Gasteiger partial charge in [0.15, 0.2) is 23.0 Å². The Hall–Kier alpha value is -2.76. The van der Waals surface area contributed by atoms with Crippen LogP contribution in [0.4, 0.5) is 5.69 Å². The maximum Gasteiger partial charge on any atom is 0.291 e. The molecule has 0 atom stereocenters. The predicted molar refractivity (Wildman–Crippen MR) is 81.2 cm³/mol. The summed E-state index contributed by atoms with van der Waals surface area (Å²) in [6, 6.07) is 5.17. The second-order valence-electron chi connectivity index (χ2n) is 5.65. The topological polar surface area (TPSA) is 77.8 Å². The molecular formula is C17H15NO5. The number of ether oxygens (including phenoxy) is 2. The summed E-state index contributed by atoms with van der Waals surface area (Å²) in [7, 11) is 0. The number of fused-ring (bicyclic) bond motifs is 2. The molecule has 1 N–H and O–H groups in total. The van der Waals surface area contributed by atoms with Crippen LogP contribution < -0.4 is 14.8 Å². The molecule has 0 saturated heterocycles. The summed E-state index contributed by atoms with van der Waals surface area (Å²) in [4.78, 5) is 24.5. The maximum atomic E-state index is 12.5. The molecule has 2 aromatic rings. The minimum absolute atomic E-state index is 0.0506. The molecule has 1 aromatic heterocycles. The Morgan fingerprint density at radius 3 is 2.83 bits per heavy atom. The SMILES string of the molecule is Cc1c(C(=O)Nc2ccc3c(c2)OCO3)oc2c1C(=O)CCC2. The molecule has 2 aliphatic rings. The molecule has 1 aromatic carbocycles. The van der Waals surface area contributed by atoms with E-state index >= 15 is 0 Å². The number of aryl methyl sites for hydroxylation is 1. The number of anilines is 1. The number of rotatable bonds is 2. The van der Waals surface area contributed by atoms with Crippen LogP contribution in [0.2, 0.25) is 0 Å². The number of amides is 1. The molecule has 0 spiro atoms. The Labute approximate surface area is 132 Å². The lowest BCUT2D eigenvalue weighted by Crippen LogP contribution is -2.13. The van der Waals surface area contributed by atoms with Crippen molar-refractivity contribution in [2.24, 2.45) is 0 Å². The zero-order valence-corrected chi connectivity index (χ0v) is 12.6. The summed E-state index contributed by atoms with van der Waals surface area (Å²) in [6.07, 6.45) is 1.97. The highest BCUT2D eigenvalue weighted by Gasteiger charge is 2.29. The number of carbonyl (C=O) groups excluding carboxylic acids is 2. The fourth-order valence-electron chi connectivity index (χ4n) is 3.03. The Bertz CT molecular complexity index is 821. The third kappa shape index (κ3) is 2.27. The van der Waals surface area contributed by atoms with Crippen LogP contribution in [0.25, 0.3) is 0 Å². The summed E-state index contributed by atoms with van der Waals surface area (Å²) in [5.41, 5.74) is 1.77. The van der Waals surface area contributed by atoms with E-state index in [1.807, 2.05) is 0 Å². The maximum absolute atomic E-state index is 12.5. The second kappa shape index (κ2) is 5.15. The number of ketones is 1. The first-order chi connectivity index (χ1) is 11.1. The molecule has 2 heterocycles. The molecule has 118 valence electrons. The van der Waals surface area contributed by atoms with Crippen LogP contribution in [0.15, 0.2) is 22.6 Å². The molecular weight excluding hydrogens is 298 g/mol. The third-order valence-corrected chi connectivity index (χ3v) is 4.14. The molecule has 0 unspecified atom stereocenters. The summed E-state index contributed by atoms with van der Waals surface area (Å²) >= 11 is 0. The first-order valence-electron chi connectivity index (χ1n) is 7.50. The van der Waals surface area contributed by atoms with Crippen LogP contribution in [0.3, 0.4) is 0 Å². The van der Waals surface area contributed by atoms with Crippen molar-refractivity contribution in [2.45, 2.75) is 26.2 Å². The van der Waals surface area contributed by atoms with E-state index in [1.54, 1.807) is 25.1 Å². The van der Waals surface area contributed by atoms with E-state index in [-0.39, 0.29) is 24.2 Å². The number of carbonyl (C=O) groups is 2. The van der Waals surface area contributed by atoms with Gasteiger partial charge in [-0.25, -0.2) is 0 Å². The number of benzene rings is 1. The van der Waals surface area contributed by atoms with E-state index in [1.165, 1.54) is 0 Å². The minimum atomic E-state index is -0.372. The van der Waals surface area contributed by atoms with Gasteiger partial charge in [0.2, 0.25) is 6.79 Å². The summed E-state index contributed by atoms with van der Waals surface area (Å²) < 4.78 is 16.2. The highest BCUT2D eigenvalue weighted by Crippen LogP contribution is 2.35. The standard InChI is InChI=1S/C17H15NO5/c1-9-15-11(19)3-2-4-13(15)23-16(9)17(20)18-10-5-6-12-14(7-10)22-8-21-12/h5-7H,2-4,8H2,1H3,(H,18,20). The van der Waals surface area contributed by atoms with Crippen molar-refractivity contribution in [3.05, 3.63) is 40.8 Å². The number of furan rings is 1. The van der Waals surface area contributed by atoms with Crippen molar-refractivity contribution in [3.8, 4) is 11.5 Å². The smallest absolute Gasteiger partial charge is 0.291 e. The van der Waals surface area contributed by atoms with E-state index in [2.05, 4.69) is 5.32 Å². The van der Waals surface area contributed by atoms with Gasteiger partial charge in [0.25, 0.3) is 5.91 Å². The first kappa shape index (κ1) is 13.9. The average Bonchev–Trinajstić information content (AvgIpc) is 3.12. The van der Waals surface area contributed by atoms with E-state index < -0.39 is 0 Å². The number of hydrogen-bond donors (Lipinski definition) is 1. The van der Waals surface area contributed by atoms with Gasteiger partial charge in [-0.3, -0.25) is 9.59 Å². The van der Waals surface area contributed by atoms with Gasteiger partial charge in [-0.2, -0.15) is 0 Å². The third-order valence-electron chi connectivity index (χ3n) is 4.14. The first-order valence-corrected chi connectivity index (χ1v) is 7.50. The van der Waals surface area contributed by atoms with Crippen LogP contribution >= 0.6 is 0 Å². The number of Topliss-reactive ketones (excluding diaryl/α,β-unsaturated/α-hetero) is 1. The van der Waals surface area contributed by atoms with Crippen molar-refractivity contribution >= 4 is 17.4 Å². The monoisotopic (exact) mass is 313 g/mol. The normalized spacial score (nSPS) is 15.4. The molecule has 1 aliphatic carbocycles. The van der Waals surface area contributed by atoms with Crippen molar-refractivity contribution < 1.29 is 23.5 Å². The van der Waals surface area contributed by atoms with Gasteiger partial charge < -0.3 is 19.2 Å². The van der Waals surface area contributed by atoms with E-state index in [0.717, 1.165) is 6.42 Å².